The smallest absolute Gasteiger partial charge is 0.0978 e. The zero-order chi connectivity index (χ0) is 14.0. The second kappa shape index (κ2) is 5.35. The number of aryl methyl sites for hydroxylation is 2. The van der Waals surface area contributed by atoms with Crippen LogP contribution in [0, 0.1) is 36.5 Å². The Labute approximate surface area is 116 Å². The maximum atomic E-state index is 10.7. The summed E-state index contributed by atoms with van der Waals surface area (Å²) in [6, 6.07) is 8.51. The Bertz CT molecular complexity index is 502. The van der Waals surface area contributed by atoms with Gasteiger partial charge in [0, 0.05) is 0 Å². The summed E-state index contributed by atoms with van der Waals surface area (Å²) in [4.78, 5) is 0. The van der Waals surface area contributed by atoms with Crippen LogP contribution in [-0.2, 0) is 0 Å². The molecule has 102 valence electrons. The van der Waals surface area contributed by atoms with Crippen molar-refractivity contribution < 1.29 is 5.11 Å². The van der Waals surface area contributed by atoms with E-state index in [9.17, 15) is 10.4 Å². The van der Waals surface area contributed by atoms with Crippen LogP contribution in [0.25, 0.3) is 0 Å². The number of aliphatic hydroxyl groups excluding tert-OH is 1. The molecule has 1 aromatic rings. The third-order valence-corrected chi connectivity index (χ3v) is 4.69. The van der Waals surface area contributed by atoms with E-state index in [1.54, 1.807) is 0 Å². The number of rotatable bonds is 3. The topological polar surface area (TPSA) is 44.0 Å². The number of nitrogens with zero attached hydrogens (tertiary/aromatic N) is 1. The monoisotopic (exact) mass is 257 g/mol. The molecule has 0 heterocycles. The lowest BCUT2D eigenvalue weighted by Crippen LogP contribution is -2.25. The van der Waals surface area contributed by atoms with Gasteiger partial charge < -0.3 is 5.11 Å². The van der Waals surface area contributed by atoms with E-state index < -0.39 is 11.5 Å². The average Bonchev–Trinajstić information content (AvgIpc) is 2.83. The van der Waals surface area contributed by atoms with Gasteiger partial charge in [-0.15, -0.1) is 0 Å². The van der Waals surface area contributed by atoms with E-state index in [4.69, 9.17) is 0 Å². The fraction of sp³-hybridized carbons (Fsp3) is 0.588. The summed E-state index contributed by atoms with van der Waals surface area (Å²) in [6.07, 6.45) is 3.15. The van der Waals surface area contributed by atoms with Gasteiger partial charge in [-0.25, -0.2) is 0 Å². The third-order valence-electron chi connectivity index (χ3n) is 4.69. The Morgan fingerprint density at radius 1 is 1.47 bits per heavy atom. The van der Waals surface area contributed by atoms with E-state index in [0.29, 0.717) is 5.92 Å². The SMILES string of the molecule is CCC1CCC(C#N)(C(O)c2ccc(C)cc2C)C1. The molecule has 3 atom stereocenters. The van der Waals surface area contributed by atoms with E-state index in [-0.39, 0.29) is 0 Å². The predicted octanol–water partition coefficient (Wildman–Crippen LogP) is 4.06. The molecule has 0 saturated heterocycles. The number of benzene rings is 1. The lowest BCUT2D eigenvalue weighted by molar-refractivity contribution is 0.0635. The first kappa shape index (κ1) is 14.1. The fourth-order valence-corrected chi connectivity index (χ4v) is 3.37. The van der Waals surface area contributed by atoms with Crippen molar-refractivity contribution >= 4 is 0 Å². The van der Waals surface area contributed by atoms with Crippen LogP contribution in [0.1, 0.15) is 55.4 Å². The molecule has 0 radical (unpaired) electrons. The molecule has 1 aliphatic rings. The molecule has 2 rings (SSSR count). The first-order chi connectivity index (χ1) is 9.02. The molecule has 2 heteroatoms. The van der Waals surface area contributed by atoms with Crippen LogP contribution in [-0.4, -0.2) is 5.11 Å². The van der Waals surface area contributed by atoms with Gasteiger partial charge in [0.1, 0.15) is 0 Å². The number of nitriles is 1. The van der Waals surface area contributed by atoms with Crippen molar-refractivity contribution in [2.24, 2.45) is 11.3 Å². The molecule has 1 aromatic carbocycles. The number of hydrogen-bond acceptors (Lipinski definition) is 2. The van der Waals surface area contributed by atoms with Gasteiger partial charge in [-0.3, -0.25) is 0 Å². The van der Waals surface area contributed by atoms with Crippen molar-refractivity contribution in [1.29, 1.82) is 5.26 Å². The molecule has 2 nitrogen and oxygen atoms in total. The van der Waals surface area contributed by atoms with Gasteiger partial charge in [0.15, 0.2) is 0 Å². The summed E-state index contributed by atoms with van der Waals surface area (Å²) in [5.41, 5.74) is 2.61. The van der Waals surface area contributed by atoms with Gasteiger partial charge in [0.2, 0.25) is 0 Å². The molecule has 1 fully saturated rings. The van der Waals surface area contributed by atoms with Gasteiger partial charge in [-0.2, -0.15) is 5.26 Å². The Morgan fingerprint density at radius 2 is 2.21 bits per heavy atom. The highest BCUT2D eigenvalue weighted by Crippen LogP contribution is 2.50. The highest BCUT2D eigenvalue weighted by atomic mass is 16.3. The molecule has 1 N–H and O–H groups in total. The minimum atomic E-state index is -0.658. The molecular weight excluding hydrogens is 234 g/mol. The third kappa shape index (κ3) is 2.53. The fourth-order valence-electron chi connectivity index (χ4n) is 3.37. The number of aliphatic hydroxyl groups is 1. The van der Waals surface area contributed by atoms with E-state index >= 15 is 0 Å². The average molecular weight is 257 g/mol. The quantitative estimate of drug-likeness (QED) is 0.887. The largest absolute Gasteiger partial charge is 0.387 e. The van der Waals surface area contributed by atoms with Gasteiger partial charge >= 0.3 is 0 Å². The molecule has 0 aromatic heterocycles. The zero-order valence-corrected chi connectivity index (χ0v) is 12.1. The second-order valence-electron chi connectivity index (χ2n) is 6.05. The molecule has 0 aliphatic heterocycles. The summed E-state index contributed by atoms with van der Waals surface area (Å²) >= 11 is 0. The highest BCUT2D eigenvalue weighted by molar-refractivity contribution is 5.34. The Balaban J connectivity index is 2.32. The van der Waals surface area contributed by atoms with Crippen molar-refractivity contribution in [3.05, 3.63) is 34.9 Å². The van der Waals surface area contributed by atoms with E-state index in [0.717, 1.165) is 36.8 Å². The van der Waals surface area contributed by atoms with Crippen molar-refractivity contribution in [1.82, 2.24) is 0 Å². The molecule has 1 aliphatic carbocycles. The van der Waals surface area contributed by atoms with Crippen LogP contribution in [0.4, 0.5) is 0 Å². The van der Waals surface area contributed by atoms with Gasteiger partial charge in [0.05, 0.1) is 17.6 Å². The molecule has 19 heavy (non-hydrogen) atoms. The zero-order valence-electron chi connectivity index (χ0n) is 12.1. The van der Waals surface area contributed by atoms with Crippen LogP contribution in [0.3, 0.4) is 0 Å². The molecule has 1 saturated carbocycles. The van der Waals surface area contributed by atoms with E-state index in [1.807, 2.05) is 26.0 Å². The summed E-state index contributed by atoms with van der Waals surface area (Å²) in [5, 5.41) is 20.3. The van der Waals surface area contributed by atoms with Crippen molar-refractivity contribution in [3.63, 3.8) is 0 Å². The highest BCUT2D eigenvalue weighted by Gasteiger charge is 2.45. The van der Waals surface area contributed by atoms with Crippen LogP contribution in [0.15, 0.2) is 18.2 Å². The van der Waals surface area contributed by atoms with Crippen LogP contribution < -0.4 is 0 Å². The van der Waals surface area contributed by atoms with Crippen LogP contribution in [0.2, 0.25) is 0 Å². The van der Waals surface area contributed by atoms with Crippen LogP contribution >= 0.6 is 0 Å². The van der Waals surface area contributed by atoms with Crippen molar-refractivity contribution in [2.45, 2.75) is 52.6 Å². The lowest BCUT2D eigenvalue weighted by Gasteiger charge is -2.29. The Morgan fingerprint density at radius 3 is 2.74 bits per heavy atom. The normalized spacial score (nSPS) is 28.1. The van der Waals surface area contributed by atoms with Crippen molar-refractivity contribution in [3.8, 4) is 6.07 Å². The van der Waals surface area contributed by atoms with E-state index in [1.165, 1.54) is 5.56 Å². The maximum Gasteiger partial charge on any atom is 0.0978 e. The molecular formula is C17H23NO. The molecule has 3 unspecified atom stereocenters. The lowest BCUT2D eigenvalue weighted by atomic mass is 9.76. The standard InChI is InChI=1S/C17H23NO/c1-4-14-7-8-17(10-14,11-18)16(19)15-6-5-12(2)9-13(15)3/h5-6,9,14,16,19H,4,7-8,10H2,1-3H3. The van der Waals surface area contributed by atoms with Crippen molar-refractivity contribution in [2.75, 3.05) is 0 Å². The predicted molar refractivity (Wildman–Crippen MR) is 76.6 cm³/mol. The Kier molecular flexibility index (Phi) is 3.96. The first-order valence-electron chi connectivity index (χ1n) is 7.19. The van der Waals surface area contributed by atoms with Gasteiger partial charge in [-0.05, 0) is 50.2 Å². The first-order valence-corrected chi connectivity index (χ1v) is 7.19. The van der Waals surface area contributed by atoms with Gasteiger partial charge in [0.25, 0.3) is 0 Å². The summed E-state index contributed by atoms with van der Waals surface area (Å²) in [5.74, 6) is 0.583. The molecule has 0 spiro atoms. The molecule has 0 amide bonds. The number of hydrogen-bond donors (Lipinski definition) is 1. The van der Waals surface area contributed by atoms with Gasteiger partial charge in [-0.1, -0.05) is 37.1 Å². The maximum absolute atomic E-state index is 10.7. The summed E-state index contributed by atoms with van der Waals surface area (Å²) in [7, 11) is 0. The Hall–Kier alpha value is -1.33. The second-order valence-corrected chi connectivity index (χ2v) is 6.05. The minimum Gasteiger partial charge on any atom is -0.387 e. The summed E-state index contributed by atoms with van der Waals surface area (Å²) in [6.45, 7) is 6.23. The summed E-state index contributed by atoms with van der Waals surface area (Å²) < 4.78 is 0. The molecule has 0 bridgehead atoms. The van der Waals surface area contributed by atoms with E-state index in [2.05, 4.69) is 19.1 Å². The minimum absolute atomic E-state index is 0.583. The van der Waals surface area contributed by atoms with Crippen LogP contribution in [0.5, 0.6) is 0 Å².